The van der Waals surface area contributed by atoms with Gasteiger partial charge in [0.2, 0.25) is 0 Å². The number of aromatic nitrogens is 1. The van der Waals surface area contributed by atoms with Gasteiger partial charge in [0.25, 0.3) is 0 Å². The Labute approximate surface area is 166 Å². The van der Waals surface area contributed by atoms with Crippen LogP contribution in [0.4, 0.5) is 0 Å². The number of halogens is 1. The van der Waals surface area contributed by atoms with Crippen molar-refractivity contribution in [3.63, 3.8) is 0 Å². The lowest BCUT2D eigenvalue weighted by Crippen LogP contribution is -2.19. The monoisotopic (exact) mass is 379 g/mol. The second-order valence-corrected chi connectivity index (χ2v) is 7.78. The van der Waals surface area contributed by atoms with Gasteiger partial charge in [0.05, 0.1) is 0 Å². The number of hydrogen-bond acceptors (Lipinski definition) is 2. The number of fused-ring (bicyclic) bond motifs is 1. The van der Waals surface area contributed by atoms with Crippen molar-refractivity contribution in [3.05, 3.63) is 77.0 Å². The molecule has 3 nitrogen and oxygen atoms in total. The van der Waals surface area contributed by atoms with Gasteiger partial charge in [-0.3, -0.25) is 4.90 Å². The number of benzene rings is 2. The Morgan fingerprint density at radius 3 is 2.85 bits per heavy atom. The molecule has 140 valence electrons. The van der Waals surface area contributed by atoms with Gasteiger partial charge in [-0.15, -0.1) is 0 Å². The zero-order valence-corrected chi connectivity index (χ0v) is 16.4. The van der Waals surface area contributed by atoms with Crippen LogP contribution in [0.1, 0.15) is 29.5 Å². The lowest BCUT2D eigenvalue weighted by atomic mass is 10.1. The summed E-state index contributed by atoms with van der Waals surface area (Å²) < 4.78 is 0. The molecule has 4 heteroatoms. The van der Waals surface area contributed by atoms with Crippen LogP contribution in [0.25, 0.3) is 16.6 Å². The highest BCUT2D eigenvalue weighted by atomic mass is 35.5. The Bertz CT molecular complexity index is 938. The minimum atomic E-state index is 0.774. The van der Waals surface area contributed by atoms with Crippen LogP contribution in [0, 0.1) is 0 Å². The van der Waals surface area contributed by atoms with Crippen LogP contribution in [0.2, 0.25) is 5.02 Å². The number of rotatable bonds is 7. The summed E-state index contributed by atoms with van der Waals surface area (Å²) in [4.78, 5) is 5.84. The van der Waals surface area contributed by atoms with Crippen LogP contribution in [0.15, 0.2) is 55.2 Å². The number of likely N-dealkylation sites (tertiary alicyclic amines) is 1. The Kier molecular flexibility index (Phi) is 5.51. The van der Waals surface area contributed by atoms with Gasteiger partial charge in [-0.25, -0.2) is 0 Å². The topological polar surface area (TPSA) is 31.1 Å². The predicted octanol–water partition coefficient (Wildman–Crippen LogP) is 5.22. The van der Waals surface area contributed by atoms with Crippen LogP contribution in [-0.2, 0) is 13.0 Å². The van der Waals surface area contributed by atoms with Gasteiger partial charge in [0.15, 0.2) is 0 Å². The van der Waals surface area contributed by atoms with Crippen molar-refractivity contribution in [1.82, 2.24) is 15.2 Å². The Hall–Kier alpha value is -2.23. The molecule has 2 N–H and O–H groups in total. The third-order valence-corrected chi connectivity index (χ3v) is 5.58. The second-order valence-electron chi connectivity index (χ2n) is 7.34. The summed E-state index contributed by atoms with van der Waals surface area (Å²) in [6.45, 7) is 8.56. The Balaban J connectivity index is 1.35. The smallest absolute Gasteiger partial charge is 0.0457 e. The van der Waals surface area contributed by atoms with E-state index < -0.39 is 0 Å². The molecule has 0 radical (unpaired) electrons. The van der Waals surface area contributed by atoms with E-state index >= 15 is 0 Å². The molecule has 0 unspecified atom stereocenters. The molecular weight excluding hydrogens is 354 g/mol. The third kappa shape index (κ3) is 4.37. The molecule has 1 fully saturated rings. The van der Waals surface area contributed by atoms with Gasteiger partial charge in [0.1, 0.15) is 0 Å². The van der Waals surface area contributed by atoms with Gasteiger partial charge in [-0.1, -0.05) is 36.4 Å². The largest absolute Gasteiger partial charge is 0.385 e. The number of nitrogens with zero attached hydrogens (tertiary/aromatic N) is 1. The average Bonchev–Trinajstić information content (AvgIpc) is 3.32. The van der Waals surface area contributed by atoms with Crippen molar-refractivity contribution in [1.29, 1.82) is 0 Å². The number of hydrogen-bond donors (Lipinski definition) is 2. The van der Waals surface area contributed by atoms with Crippen molar-refractivity contribution in [2.45, 2.75) is 25.8 Å². The summed E-state index contributed by atoms with van der Waals surface area (Å²) in [6, 6.07) is 14.7. The van der Waals surface area contributed by atoms with E-state index in [1.54, 1.807) is 0 Å². The first-order valence-electron chi connectivity index (χ1n) is 9.69. The quantitative estimate of drug-likeness (QED) is 0.589. The highest BCUT2D eigenvalue weighted by Gasteiger charge is 2.12. The summed E-state index contributed by atoms with van der Waals surface area (Å²) in [7, 11) is 0. The average molecular weight is 380 g/mol. The van der Waals surface area contributed by atoms with E-state index in [1.165, 1.54) is 48.0 Å². The molecule has 0 atom stereocenters. The Morgan fingerprint density at radius 1 is 1.15 bits per heavy atom. The highest BCUT2D eigenvalue weighted by molar-refractivity contribution is 6.31. The SMILES string of the molecule is C=C(NCCc1c[nH]c2ccc(Cl)cc12)c1cccc(CN2CCCC2)c1. The molecule has 1 aromatic heterocycles. The fraction of sp³-hybridized carbons (Fsp3) is 0.304. The van der Waals surface area contributed by atoms with Crippen LogP contribution in [0.5, 0.6) is 0 Å². The molecule has 0 saturated carbocycles. The molecular formula is C23H26ClN3. The van der Waals surface area contributed by atoms with Crippen molar-refractivity contribution in [2.24, 2.45) is 0 Å². The fourth-order valence-corrected chi connectivity index (χ4v) is 4.04. The predicted molar refractivity (Wildman–Crippen MR) is 115 cm³/mol. The summed E-state index contributed by atoms with van der Waals surface area (Å²) in [5.41, 5.74) is 5.92. The maximum absolute atomic E-state index is 6.14. The van der Waals surface area contributed by atoms with E-state index in [1.807, 2.05) is 18.2 Å². The number of H-pyrrole nitrogens is 1. The minimum absolute atomic E-state index is 0.774. The van der Waals surface area contributed by atoms with Gasteiger partial charge in [-0.05, 0) is 73.3 Å². The van der Waals surface area contributed by atoms with Crippen LogP contribution in [-0.4, -0.2) is 29.5 Å². The standard InChI is InChI=1S/C23H26ClN3/c1-17(19-6-4-5-18(13-19)16-27-11-2-3-12-27)25-10-9-20-15-26-23-8-7-21(24)14-22(20)23/h4-8,13-15,25-26H,1-3,9-12,16H2. The second kappa shape index (κ2) is 8.20. The van der Waals surface area contributed by atoms with Crippen molar-refractivity contribution < 1.29 is 0 Å². The van der Waals surface area contributed by atoms with Crippen molar-refractivity contribution in [2.75, 3.05) is 19.6 Å². The number of nitrogens with one attached hydrogen (secondary N) is 2. The molecule has 1 saturated heterocycles. The summed E-state index contributed by atoms with van der Waals surface area (Å²) in [5, 5.41) is 5.45. The molecule has 0 aliphatic carbocycles. The normalized spacial score (nSPS) is 14.7. The molecule has 27 heavy (non-hydrogen) atoms. The van der Waals surface area contributed by atoms with E-state index in [-0.39, 0.29) is 0 Å². The third-order valence-electron chi connectivity index (χ3n) is 5.34. The van der Waals surface area contributed by atoms with E-state index in [9.17, 15) is 0 Å². The zero-order valence-electron chi connectivity index (χ0n) is 15.6. The van der Waals surface area contributed by atoms with Gasteiger partial charge in [-0.2, -0.15) is 0 Å². The maximum Gasteiger partial charge on any atom is 0.0457 e. The van der Waals surface area contributed by atoms with E-state index in [0.717, 1.165) is 35.7 Å². The number of aromatic amines is 1. The lowest BCUT2D eigenvalue weighted by Gasteiger charge is -2.16. The van der Waals surface area contributed by atoms with E-state index in [2.05, 4.69) is 52.2 Å². The molecule has 2 aromatic carbocycles. The van der Waals surface area contributed by atoms with Crippen LogP contribution >= 0.6 is 11.6 Å². The summed E-state index contributed by atoms with van der Waals surface area (Å²) in [5.74, 6) is 0. The van der Waals surface area contributed by atoms with Crippen molar-refractivity contribution in [3.8, 4) is 0 Å². The molecule has 3 aromatic rings. The van der Waals surface area contributed by atoms with Crippen LogP contribution in [0.3, 0.4) is 0 Å². The molecule has 0 spiro atoms. The Morgan fingerprint density at radius 2 is 2.00 bits per heavy atom. The van der Waals surface area contributed by atoms with E-state index in [4.69, 9.17) is 11.6 Å². The molecule has 2 heterocycles. The molecule has 0 bridgehead atoms. The van der Waals surface area contributed by atoms with Crippen LogP contribution < -0.4 is 5.32 Å². The van der Waals surface area contributed by atoms with Crippen molar-refractivity contribution >= 4 is 28.2 Å². The van der Waals surface area contributed by atoms with Gasteiger partial charge >= 0.3 is 0 Å². The first-order chi connectivity index (χ1) is 13.2. The molecule has 0 amide bonds. The first-order valence-corrected chi connectivity index (χ1v) is 10.1. The highest BCUT2D eigenvalue weighted by Crippen LogP contribution is 2.23. The first kappa shape index (κ1) is 18.1. The lowest BCUT2D eigenvalue weighted by molar-refractivity contribution is 0.331. The molecule has 1 aliphatic rings. The minimum Gasteiger partial charge on any atom is -0.385 e. The molecule has 1 aliphatic heterocycles. The summed E-state index contributed by atoms with van der Waals surface area (Å²) in [6.07, 6.45) is 5.65. The summed E-state index contributed by atoms with van der Waals surface area (Å²) >= 11 is 6.14. The van der Waals surface area contributed by atoms with Gasteiger partial charge < -0.3 is 10.3 Å². The zero-order chi connectivity index (χ0) is 18.6. The fourth-order valence-electron chi connectivity index (χ4n) is 3.86. The van der Waals surface area contributed by atoms with E-state index in [0.29, 0.717) is 0 Å². The molecule has 4 rings (SSSR count). The maximum atomic E-state index is 6.14. The van der Waals surface area contributed by atoms with Gasteiger partial charge in [0, 0.05) is 40.9 Å².